The van der Waals surface area contributed by atoms with E-state index in [1.807, 2.05) is 0 Å². The number of ether oxygens (including phenoxy) is 3. The van der Waals surface area contributed by atoms with Crippen LogP contribution in [0.15, 0.2) is 24.3 Å². The summed E-state index contributed by atoms with van der Waals surface area (Å²) in [6.45, 7) is 3.29. The quantitative estimate of drug-likeness (QED) is 0.528. The molecule has 0 aromatic heterocycles. The van der Waals surface area contributed by atoms with Gasteiger partial charge in [-0.1, -0.05) is 0 Å². The van der Waals surface area contributed by atoms with Crippen LogP contribution < -0.4 is 20.1 Å². The smallest absolute Gasteiger partial charge is 0.491 e. The van der Waals surface area contributed by atoms with Crippen LogP contribution in [0.25, 0.3) is 0 Å². The number of hydrogen-bond acceptors (Lipinski definition) is 6. The number of nitrogens with one attached hydrogen (secondary N) is 2. The van der Waals surface area contributed by atoms with Crippen LogP contribution in [0.1, 0.15) is 0 Å². The molecule has 2 rings (SSSR count). The van der Waals surface area contributed by atoms with E-state index in [2.05, 4.69) is 15.4 Å². The molecular formula is C17H24F3N3O5. The fraction of sp³-hybridized carbons (Fsp3) is 0.588. The lowest BCUT2D eigenvalue weighted by Crippen LogP contribution is -2.47. The first kappa shape index (κ1) is 22.1. The summed E-state index contributed by atoms with van der Waals surface area (Å²) in [7, 11) is 0. The third-order valence-electron chi connectivity index (χ3n) is 3.76. The Kier molecular flexibility index (Phi) is 8.61. The largest absolute Gasteiger partial charge is 0.573 e. The van der Waals surface area contributed by atoms with Gasteiger partial charge in [0.2, 0.25) is 0 Å². The maximum absolute atomic E-state index is 12.1. The van der Waals surface area contributed by atoms with Gasteiger partial charge in [-0.15, -0.1) is 13.2 Å². The van der Waals surface area contributed by atoms with Crippen molar-refractivity contribution in [3.05, 3.63) is 24.3 Å². The van der Waals surface area contributed by atoms with Crippen LogP contribution in [-0.4, -0.2) is 81.0 Å². The van der Waals surface area contributed by atoms with Crippen molar-refractivity contribution in [2.45, 2.75) is 12.5 Å². The van der Waals surface area contributed by atoms with Crippen LogP contribution >= 0.6 is 0 Å². The predicted octanol–water partition coefficient (Wildman–Crippen LogP) is 0.956. The van der Waals surface area contributed by atoms with Gasteiger partial charge in [0, 0.05) is 32.7 Å². The molecule has 1 aliphatic rings. The van der Waals surface area contributed by atoms with Gasteiger partial charge in [-0.05, 0) is 24.3 Å². The van der Waals surface area contributed by atoms with E-state index < -0.39 is 12.5 Å². The summed E-state index contributed by atoms with van der Waals surface area (Å²) < 4.78 is 50.5. The first-order chi connectivity index (χ1) is 13.3. The maximum Gasteiger partial charge on any atom is 0.573 e. The van der Waals surface area contributed by atoms with Gasteiger partial charge in [0.05, 0.1) is 13.2 Å². The highest BCUT2D eigenvalue weighted by molar-refractivity contribution is 5.74. The lowest BCUT2D eigenvalue weighted by atomic mass is 10.3. The lowest BCUT2D eigenvalue weighted by molar-refractivity contribution is -0.274. The molecular weight excluding hydrogens is 383 g/mol. The van der Waals surface area contributed by atoms with Crippen molar-refractivity contribution in [3.8, 4) is 11.5 Å². The maximum atomic E-state index is 12.1. The van der Waals surface area contributed by atoms with Gasteiger partial charge in [-0.3, -0.25) is 0 Å². The van der Waals surface area contributed by atoms with Crippen LogP contribution in [0.2, 0.25) is 0 Å². The Morgan fingerprint density at radius 1 is 1.18 bits per heavy atom. The topological polar surface area (TPSA) is 92.3 Å². The number of hydrogen-bond donors (Lipinski definition) is 3. The molecule has 158 valence electrons. The Morgan fingerprint density at radius 3 is 2.46 bits per heavy atom. The van der Waals surface area contributed by atoms with Gasteiger partial charge in [0.25, 0.3) is 0 Å². The minimum absolute atomic E-state index is 0.0351. The highest BCUT2D eigenvalue weighted by Gasteiger charge is 2.31. The Hall–Kier alpha value is -2.24. The molecule has 28 heavy (non-hydrogen) atoms. The van der Waals surface area contributed by atoms with E-state index in [0.29, 0.717) is 45.1 Å². The third-order valence-corrected chi connectivity index (χ3v) is 3.76. The van der Waals surface area contributed by atoms with E-state index in [-0.39, 0.29) is 24.9 Å². The molecule has 1 aliphatic heterocycles. The second-order valence-electron chi connectivity index (χ2n) is 6.02. The standard InChI is InChI=1S/C17H24F3N3O5/c18-17(19,20)28-15-3-1-14(2-4-15)27-12-13(24)11-21-5-6-22-16(25)23-7-9-26-10-8-23/h1-4,13,21,24H,5-12H2,(H,22,25). The molecule has 0 radical (unpaired) electrons. The van der Waals surface area contributed by atoms with Crippen molar-refractivity contribution in [1.29, 1.82) is 0 Å². The van der Waals surface area contributed by atoms with E-state index in [1.54, 1.807) is 4.90 Å². The van der Waals surface area contributed by atoms with Crippen LogP contribution in [-0.2, 0) is 4.74 Å². The monoisotopic (exact) mass is 407 g/mol. The second kappa shape index (κ2) is 10.9. The highest BCUT2D eigenvalue weighted by atomic mass is 19.4. The zero-order valence-electron chi connectivity index (χ0n) is 15.2. The molecule has 1 aromatic carbocycles. The molecule has 0 saturated carbocycles. The first-order valence-corrected chi connectivity index (χ1v) is 8.81. The number of halogens is 3. The summed E-state index contributed by atoms with van der Waals surface area (Å²) in [5.41, 5.74) is 0. The number of benzene rings is 1. The lowest BCUT2D eigenvalue weighted by Gasteiger charge is -2.27. The summed E-state index contributed by atoms with van der Waals surface area (Å²) in [6, 6.07) is 4.76. The molecule has 1 saturated heterocycles. The van der Waals surface area contributed by atoms with Crippen molar-refractivity contribution in [2.75, 3.05) is 52.5 Å². The van der Waals surface area contributed by atoms with E-state index in [9.17, 15) is 23.1 Å². The number of alkyl halides is 3. The summed E-state index contributed by atoms with van der Waals surface area (Å²) in [5.74, 6) is -0.0347. The Morgan fingerprint density at radius 2 is 1.82 bits per heavy atom. The minimum Gasteiger partial charge on any atom is -0.491 e. The number of aliphatic hydroxyl groups excluding tert-OH is 1. The molecule has 8 nitrogen and oxygen atoms in total. The van der Waals surface area contributed by atoms with Gasteiger partial charge in [0.15, 0.2) is 0 Å². The molecule has 0 aliphatic carbocycles. The average molecular weight is 407 g/mol. The van der Waals surface area contributed by atoms with Crippen molar-refractivity contribution in [1.82, 2.24) is 15.5 Å². The van der Waals surface area contributed by atoms with Gasteiger partial charge < -0.3 is 34.9 Å². The molecule has 11 heteroatoms. The van der Waals surface area contributed by atoms with E-state index in [4.69, 9.17) is 9.47 Å². The van der Waals surface area contributed by atoms with Crippen LogP contribution in [0.3, 0.4) is 0 Å². The molecule has 1 fully saturated rings. The summed E-state index contributed by atoms with van der Waals surface area (Å²) in [6.07, 6.45) is -5.56. The summed E-state index contributed by atoms with van der Waals surface area (Å²) >= 11 is 0. The summed E-state index contributed by atoms with van der Waals surface area (Å²) in [5, 5.41) is 15.6. The first-order valence-electron chi connectivity index (χ1n) is 8.81. The number of aliphatic hydroxyl groups is 1. The molecule has 0 bridgehead atoms. The third kappa shape index (κ3) is 8.63. The Labute approximate surface area is 160 Å². The average Bonchev–Trinajstić information content (AvgIpc) is 2.66. The van der Waals surface area contributed by atoms with Crippen molar-refractivity contribution < 1.29 is 37.3 Å². The Balaban J connectivity index is 1.55. The molecule has 2 amide bonds. The minimum atomic E-state index is -4.74. The number of morpholine rings is 1. The number of rotatable bonds is 9. The molecule has 0 spiro atoms. The van der Waals surface area contributed by atoms with Crippen LogP contribution in [0.5, 0.6) is 11.5 Å². The fourth-order valence-electron chi connectivity index (χ4n) is 2.39. The number of urea groups is 1. The zero-order chi connectivity index (χ0) is 20.4. The molecule has 1 heterocycles. The molecule has 1 atom stereocenters. The molecule has 1 unspecified atom stereocenters. The van der Waals surface area contributed by atoms with Crippen molar-refractivity contribution in [3.63, 3.8) is 0 Å². The van der Waals surface area contributed by atoms with Crippen LogP contribution in [0.4, 0.5) is 18.0 Å². The van der Waals surface area contributed by atoms with Crippen molar-refractivity contribution in [2.24, 2.45) is 0 Å². The van der Waals surface area contributed by atoms with E-state index in [1.165, 1.54) is 12.1 Å². The fourth-order valence-corrected chi connectivity index (χ4v) is 2.39. The predicted molar refractivity (Wildman–Crippen MR) is 93.3 cm³/mol. The van der Waals surface area contributed by atoms with Crippen molar-refractivity contribution >= 4 is 6.03 Å². The normalized spacial score (nSPS) is 15.8. The number of nitrogens with zero attached hydrogens (tertiary/aromatic N) is 1. The highest BCUT2D eigenvalue weighted by Crippen LogP contribution is 2.24. The van der Waals surface area contributed by atoms with E-state index in [0.717, 1.165) is 12.1 Å². The Bertz CT molecular complexity index is 595. The van der Waals surface area contributed by atoms with Crippen LogP contribution in [0, 0.1) is 0 Å². The SMILES string of the molecule is O=C(NCCNCC(O)COc1ccc(OC(F)(F)F)cc1)N1CCOCC1. The van der Waals surface area contributed by atoms with E-state index >= 15 is 0 Å². The number of carbonyl (C=O) groups is 1. The van der Waals surface area contributed by atoms with Gasteiger partial charge >= 0.3 is 12.4 Å². The second-order valence-corrected chi connectivity index (χ2v) is 6.02. The van der Waals surface area contributed by atoms with Gasteiger partial charge in [-0.25, -0.2) is 4.79 Å². The molecule has 1 aromatic rings. The van der Waals surface area contributed by atoms with Gasteiger partial charge in [-0.2, -0.15) is 0 Å². The summed E-state index contributed by atoms with van der Waals surface area (Å²) in [4.78, 5) is 13.5. The number of carbonyl (C=O) groups excluding carboxylic acids is 1. The number of amides is 2. The molecule has 3 N–H and O–H groups in total. The van der Waals surface area contributed by atoms with Gasteiger partial charge in [0.1, 0.15) is 24.2 Å². The zero-order valence-corrected chi connectivity index (χ0v) is 15.2.